The predicted octanol–water partition coefficient (Wildman–Crippen LogP) is 4.05. The Balaban J connectivity index is 1.39. The van der Waals surface area contributed by atoms with Crippen LogP contribution in [-0.2, 0) is 25.7 Å². The standard InChI is InChI=1S/C29H34N2O5S/c1-17-11-21-23-12-18-15-31(16-20-5-4-10-37-20)36-29(18,26(34)35-9-8-30)28(23,3)14-24(33)25(21)27(2)7-6-19(32)13-22(17)27/h4-7,10,13,17-18,21,23-25,33H,9,11-12,14-16H2,1-3H3/t17-,18-,21-,23?,24-,25?,27-,28-,29-/m0/s1. The molecule has 8 heteroatoms. The van der Waals surface area contributed by atoms with Crippen molar-refractivity contribution < 1.29 is 24.3 Å². The summed E-state index contributed by atoms with van der Waals surface area (Å²) in [7, 11) is 0. The summed E-state index contributed by atoms with van der Waals surface area (Å²) < 4.78 is 5.50. The van der Waals surface area contributed by atoms with Gasteiger partial charge in [-0.25, -0.2) is 4.79 Å². The number of aliphatic hydroxyl groups excluding tert-OH is 1. The van der Waals surface area contributed by atoms with Crippen LogP contribution in [0.25, 0.3) is 0 Å². The molecule has 4 aliphatic carbocycles. The summed E-state index contributed by atoms with van der Waals surface area (Å²) in [6.45, 7) is 7.30. The van der Waals surface area contributed by atoms with Gasteiger partial charge in [0.25, 0.3) is 0 Å². The molecule has 0 aromatic carbocycles. The molecule has 37 heavy (non-hydrogen) atoms. The highest BCUT2D eigenvalue weighted by Crippen LogP contribution is 2.71. The highest BCUT2D eigenvalue weighted by molar-refractivity contribution is 7.09. The minimum atomic E-state index is -1.24. The molecule has 6 rings (SSSR count). The number of carbonyl (C=O) groups is 2. The quantitative estimate of drug-likeness (QED) is 0.596. The zero-order valence-corrected chi connectivity index (χ0v) is 22.4. The van der Waals surface area contributed by atoms with Crippen molar-refractivity contribution in [2.75, 3.05) is 13.2 Å². The van der Waals surface area contributed by atoms with Gasteiger partial charge in [0.1, 0.15) is 6.07 Å². The molecule has 0 bridgehead atoms. The van der Waals surface area contributed by atoms with Crippen LogP contribution in [0.1, 0.15) is 44.9 Å². The Hall–Kier alpha value is -2.31. The van der Waals surface area contributed by atoms with E-state index in [-0.39, 0.29) is 42.0 Å². The van der Waals surface area contributed by atoms with E-state index in [2.05, 4.69) is 26.8 Å². The molecule has 2 unspecified atom stereocenters. The van der Waals surface area contributed by atoms with Crippen molar-refractivity contribution in [2.24, 2.45) is 40.4 Å². The number of thiophene rings is 1. The van der Waals surface area contributed by atoms with Crippen LogP contribution in [-0.4, -0.2) is 46.8 Å². The number of nitriles is 1. The maximum atomic E-state index is 13.8. The lowest BCUT2D eigenvalue weighted by Crippen LogP contribution is -2.63. The Kier molecular flexibility index (Phi) is 5.81. The molecule has 1 N–H and O–H groups in total. The molecule has 0 spiro atoms. The number of esters is 1. The predicted molar refractivity (Wildman–Crippen MR) is 137 cm³/mol. The summed E-state index contributed by atoms with van der Waals surface area (Å²) in [5.74, 6) is -0.0776. The Bertz CT molecular complexity index is 1220. The second-order valence-corrected chi connectivity index (χ2v) is 13.2. The van der Waals surface area contributed by atoms with Gasteiger partial charge in [-0.2, -0.15) is 10.3 Å². The fourth-order valence-electron chi connectivity index (χ4n) is 9.08. The van der Waals surface area contributed by atoms with Gasteiger partial charge in [0, 0.05) is 34.1 Å². The molecule has 2 heterocycles. The van der Waals surface area contributed by atoms with Gasteiger partial charge in [0.2, 0.25) is 0 Å². The second-order valence-electron chi connectivity index (χ2n) is 12.1. The second kappa shape index (κ2) is 8.60. The molecular formula is C29H34N2O5S. The SMILES string of the molecule is C[C@H]1C[C@@H]2C([C@@H](O)C[C@@]3(C)C2C[C@H]2CN(Cc4cccs4)O[C@]23C(=O)OCC#N)[C@@]2(C)C=CC(=O)C=C12. The highest BCUT2D eigenvalue weighted by Gasteiger charge is 2.76. The van der Waals surface area contributed by atoms with Gasteiger partial charge in [-0.3, -0.25) is 9.63 Å². The Morgan fingerprint density at radius 3 is 2.92 bits per heavy atom. The van der Waals surface area contributed by atoms with Gasteiger partial charge in [0.05, 0.1) is 12.6 Å². The summed E-state index contributed by atoms with van der Waals surface area (Å²) in [4.78, 5) is 33.9. The molecule has 5 aliphatic rings. The van der Waals surface area contributed by atoms with E-state index in [1.54, 1.807) is 23.5 Å². The van der Waals surface area contributed by atoms with E-state index in [0.29, 0.717) is 19.5 Å². The van der Waals surface area contributed by atoms with Crippen LogP contribution in [0.5, 0.6) is 0 Å². The summed E-state index contributed by atoms with van der Waals surface area (Å²) >= 11 is 1.65. The number of ether oxygens (including phenoxy) is 1. The molecule has 1 aromatic heterocycles. The largest absolute Gasteiger partial charge is 0.448 e. The van der Waals surface area contributed by atoms with Crippen LogP contribution < -0.4 is 0 Å². The Labute approximate surface area is 221 Å². The zero-order valence-electron chi connectivity index (χ0n) is 21.6. The van der Waals surface area contributed by atoms with E-state index in [9.17, 15) is 14.7 Å². The summed E-state index contributed by atoms with van der Waals surface area (Å²) in [6, 6.07) is 5.99. The number of ketones is 1. The van der Waals surface area contributed by atoms with E-state index in [0.717, 1.165) is 23.3 Å². The number of carbonyl (C=O) groups excluding carboxylic acids is 2. The van der Waals surface area contributed by atoms with Crippen molar-refractivity contribution >= 4 is 23.1 Å². The van der Waals surface area contributed by atoms with Crippen LogP contribution in [0.3, 0.4) is 0 Å². The molecule has 0 amide bonds. The average Bonchev–Trinajstić information content (AvgIpc) is 3.54. The fraction of sp³-hybridized carbons (Fsp3) is 0.621. The third kappa shape index (κ3) is 3.40. The monoisotopic (exact) mass is 522 g/mol. The summed E-state index contributed by atoms with van der Waals surface area (Å²) in [5, 5.41) is 24.9. The number of hydrogen-bond acceptors (Lipinski definition) is 8. The molecule has 1 saturated heterocycles. The lowest BCUT2D eigenvalue weighted by atomic mass is 9.45. The number of rotatable bonds is 4. The third-order valence-corrected chi connectivity index (χ3v) is 11.2. The van der Waals surface area contributed by atoms with Crippen LogP contribution in [0.2, 0.25) is 0 Å². The maximum Gasteiger partial charge on any atom is 0.342 e. The molecule has 196 valence electrons. The van der Waals surface area contributed by atoms with E-state index in [1.807, 2.05) is 28.7 Å². The molecular weight excluding hydrogens is 488 g/mol. The van der Waals surface area contributed by atoms with Crippen LogP contribution >= 0.6 is 11.3 Å². The van der Waals surface area contributed by atoms with Crippen molar-refractivity contribution in [3.63, 3.8) is 0 Å². The number of fused-ring (bicyclic) bond motifs is 7. The highest BCUT2D eigenvalue weighted by atomic mass is 32.1. The molecule has 0 radical (unpaired) electrons. The molecule has 1 aromatic rings. The molecule has 4 fully saturated rings. The topological polar surface area (TPSA) is 99.9 Å². The number of nitrogens with zero attached hydrogens (tertiary/aromatic N) is 2. The third-order valence-electron chi connectivity index (χ3n) is 10.3. The fourth-order valence-corrected chi connectivity index (χ4v) is 9.79. The number of hydrogen-bond donors (Lipinski definition) is 1. The first-order chi connectivity index (χ1) is 17.6. The summed E-state index contributed by atoms with van der Waals surface area (Å²) in [5.41, 5.74) is -1.17. The molecule has 7 nitrogen and oxygen atoms in total. The first-order valence-electron chi connectivity index (χ1n) is 13.3. The van der Waals surface area contributed by atoms with Gasteiger partial charge < -0.3 is 9.84 Å². The van der Waals surface area contributed by atoms with Crippen molar-refractivity contribution in [3.8, 4) is 6.07 Å². The van der Waals surface area contributed by atoms with Crippen molar-refractivity contribution in [3.05, 3.63) is 46.2 Å². The molecule has 3 saturated carbocycles. The van der Waals surface area contributed by atoms with Crippen molar-refractivity contribution in [1.29, 1.82) is 5.26 Å². The minimum absolute atomic E-state index is 0.0155. The lowest BCUT2D eigenvalue weighted by molar-refractivity contribution is -0.264. The van der Waals surface area contributed by atoms with Gasteiger partial charge in [-0.1, -0.05) is 38.5 Å². The maximum absolute atomic E-state index is 13.8. The number of hydroxylamine groups is 2. The van der Waals surface area contributed by atoms with Crippen molar-refractivity contribution in [2.45, 2.75) is 58.3 Å². The average molecular weight is 523 g/mol. The van der Waals surface area contributed by atoms with Gasteiger partial charge in [0.15, 0.2) is 18.0 Å². The van der Waals surface area contributed by atoms with E-state index >= 15 is 0 Å². The minimum Gasteiger partial charge on any atom is -0.448 e. The first kappa shape index (κ1) is 25.0. The van der Waals surface area contributed by atoms with E-state index in [4.69, 9.17) is 14.8 Å². The van der Waals surface area contributed by atoms with Gasteiger partial charge >= 0.3 is 5.97 Å². The summed E-state index contributed by atoms with van der Waals surface area (Å²) in [6.07, 6.45) is 6.83. The van der Waals surface area contributed by atoms with Crippen molar-refractivity contribution in [1.82, 2.24) is 5.06 Å². The number of allylic oxidation sites excluding steroid dienone is 4. The normalized spacial score (nSPS) is 44.3. The molecule has 9 atom stereocenters. The van der Waals surface area contributed by atoms with Crippen LogP contribution in [0, 0.1) is 51.8 Å². The van der Waals surface area contributed by atoms with Gasteiger partial charge in [-0.15, -0.1) is 11.3 Å². The smallest absolute Gasteiger partial charge is 0.342 e. The molecule has 1 aliphatic heterocycles. The first-order valence-corrected chi connectivity index (χ1v) is 14.2. The lowest BCUT2D eigenvalue weighted by Gasteiger charge is -2.60. The Morgan fingerprint density at radius 2 is 2.19 bits per heavy atom. The van der Waals surface area contributed by atoms with E-state index < -0.39 is 28.5 Å². The zero-order chi connectivity index (χ0) is 26.2. The number of aliphatic hydroxyl groups is 1. The Morgan fingerprint density at radius 1 is 1.38 bits per heavy atom. The van der Waals surface area contributed by atoms with Gasteiger partial charge in [-0.05, 0) is 60.6 Å². The van der Waals surface area contributed by atoms with Crippen LogP contribution in [0.4, 0.5) is 0 Å². The van der Waals surface area contributed by atoms with Crippen LogP contribution in [0.15, 0.2) is 41.3 Å². The van der Waals surface area contributed by atoms with E-state index in [1.165, 1.54) is 0 Å².